The highest BCUT2D eigenvalue weighted by Gasteiger charge is 2.33. The molecule has 0 radical (unpaired) electrons. The lowest BCUT2D eigenvalue weighted by Crippen LogP contribution is -2.41. The molecule has 90 valence electrons. The summed E-state index contributed by atoms with van der Waals surface area (Å²) in [5, 5.41) is 25.6. The number of hydrogen-bond acceptors (Lipinski definition) is 5. The molecule has 3 atom stereocenters. The SMILES string of the molecule is O=C(O)C(O)C(F)C(O)COP(=O)(O)O. The van der Waals surface area contributed by atoms with Crippen molar-refractivity contribution in [3.8, 4) is 0 Å². The molecule has 0 aliphatic rings. The molecule has 8 nitrogen and oxygen atoms in total. The lowest BCUT2D eigenvalue weighted by Gasteiger charge is -2.18. The number of aliphatic hydroxyl groups excluding tert-OH is 2. The lowest BCUT2D eigenvalue weighted by molar-refractivity contribution is -0.154. The van der Waals surface area contributed by atoms with Crippen LogP contribution < -0.4 is 0 Å². The van der Waals surface area contributed by atoms with E-state index in [-0.39, 0.29) is 0 Å². The van der Waals surface area contributed by atoms with Crippen molar-refractivity contribution in [3.63, 3.8) is 0 Å². The predicted octanol–water partition coefficient (Wildman–Crippen LogP) is -1.76. The predicted molar refractivity (Wildman–Crippen MR) is 42.5 cm³/mol. The normalized spacial score (nSPS) is 18.2. The fourth-order valence-corrected chi connectivity index (χ4v) is 0.959. The molecule has 15 heavy (non-hydrogen) atoms. The molecule has 0 heterocycles. The van der Waals surface area contributed by atoms with Crippen LogP contribution in [0.15, 0.2) is 0 Å². The Morgan fingerprint density at radius 2 is 1.87 bits per heavy atom. The molecule has 0 bridgehead atoms. The van der Waals surface area contributed by atoms with E-state index in [2.05, 4.69) is 4.52 Å². The lowest BCUT2D eigenvalue weighted by atomic mass is 10.1. The maximum atomic E-state index is 12.8. The number of aliphatic carboxylic acids is 1. The molecule has 0 spiro atoms. The summed E-state index contributed by atoms with van der Waals surface area (Å²) in [4.78, 5) is 26.4. The van der Waals surface area contributed by atoms with Gasteiger partial charge in [0.15, 0.2) is 12.3 Å². The van der Waals surface area contributed by atoms with E-state index < -0.39 is 38.8 Å². The largest absolute Gasteiger partial charge is 0.479 e. The van der Waals surface area contributed by atoms with Crippen LogP contribution in [0.5, 0.6) is 0 Å². The summed E-state index contributed by atoms with van der Waals surface area (Å²) >= 11 is 0. The van der Waals surface area contributed by atoms with Crippen molar-refractivity contribution in [2.24, 2.45) is 0 Å². The van der Waals surface area contributed by atoms with Gasteiger partial charge in [0, 0.05) is 0 Å². The maximum absolute atomic E-state index is 12.8. The third kappa shape index (κ3) is 5.78. The zero-order chi connectivity index (χ0) is 12.2. The Morgan fingerprint density at radius 1 is 1.40 bits per heavy atom. The summed E-state index contributed by atoms with van der Waals surface area (Å²) in [5.41, 5.74) is 0. The van der Waals surface area contributed by atoms with Gasteiger partial charge in [0.2, 0.25) is 0 Å². The van der Waals surface area contributed by atoms with Gasteiger partial charge in [0.25, 0.3) is 0 Å². The van der Waals surface area contributed by atoms with E-state index in [1.54, 1.807) is 0 Å². The Morgan fingerprint density at radius 3 is 2.20 bits per heavy atom. The van der Waals surface area contributed by atoms with Gasteiger partial charge in [-0.2, -0.15) is 0 Å². The average Bonchev–Trinajstić information content (AvgIpc) is 2.10. The second-order valence-electron chi connectivity index (χ2n) is 2.58. The summed E-state index contributed by atoms with van der Waals surface area (Å²) in [5.74, 6) is -1.90. The van der Waals surface area contributed by atoms with Gasteiger partial charge in [-0.05, 0) is 0 Å². The topological polar surface area (TPSA) is 145 Å². The molecule has 0 saturated heterocycles. The van der Waals surface area contributed by atoms with Crippen LogP contribution in [0.25, 0.3) is 0 Å². The molecular weight excluding hydrogens is 238 g/mol. The minimum atomic E-state index is -4.87. The molecule has 0 aliphatic heterocycles. The summed E-state index contributed by atoms with van der Waals surface area (Å²) < 4.78 is 26.6. The van der Waals surface area contributed by atoms with E-state index in [0.717, 1.165) is 0 Å². The van der Waals surface area contributed by atoms with Gasteiger partial charge in [-0.25, -0.2) is 13.8 Å². The highest BCUT2D eigenvalue weighted by atomic mass is 31.2. The number of halogens is 1. The number of aliphatic hydroxyl groups is 2. The number of alkyl halides is 1. The minimum absolute atomic E-state index is 1.13. The van der Waals surface area contributed by atoms with Crippen molar-refractivity contribution in [3.05, 3.63) is 0 Å². The number of carbonyl (C=O) groups is 1. The molecule has 0 aromatic carbocycles. The second-order valence-corrected chi connectivity index (χ2v) is 3.82. The minimum Gasteiger partial charge on any atom is -0.479 e. The number of carboxylic acid groups (broad SMARTS) is 1. The summed E-state index contributed by atoms with van der Waals surface area (Å²) in [6, 6.07) is 0. The third-order valence-corrected chi connectivity index (χ3v) is 1.82. The highest BCUT2D eigenvalue weighted by molar-refractivity contribution is 7.46. The fraction of sp³-hybridized carbons (Fsp3) is 0.800. The Kier molecular flexibility index (Phi) is 5.29. The molecule has 0 saturated carbocycles. The third-order valence-electron chi connectivity index (χ3n) is 1.34. The molecule has 0 aromatic rings. The quantitative estimate of drug-likeness (QED) is 0.347. The van der Waals surface area contributed by atoms with Gasteiger partial charge in [-0.1, -0.05) is 0 Å². The first-order chi connectivity index (χ1) is 6.65. The fourth-order valence-electron chi connectivity index (χ4n) is 0.612. The van der Waals surface area contributed by atoms with Crippen LogP contribution in [0.1, 0.15) is 0 Å². The van der Waals surface area contributed by atoms with E-state index in [0.29, 0.717) is 0 Å². The first-order valence-electron chi connectivity index (χ1n) is 3.58. The van der Waals surface area contributed by atoms with Crippen LogP contribution in [0, 0.1) is 0 Å². The first kappa shape index (κ1) is 14.4. The Bertz CT molecular complexity index is 264. The van der Waals surface area contributed by atoms with E-state index in [9.17, 15) is 13.8 Å². The number of phosphoric acid groups is 1. The highest BCUT2D eigenvalue weighted by Crippen LogP contribution is 2.35. The zero-order valence-electron chi connectivity index (χ0n) is 7.23. The number of hydrogen-bond donors (Lipinski definition) is 5. The van der Waals surface area contributed by atoms with Crippen LogP contribution in [0.4, 0.5) is 4.39 Å². The Hall–Kier alpha value is -0.570. The standard InChI is InChI=1S/C5H10FO8P/c6-3(4(8)5(9)10)2(7)1-14-15(11,12)13/h2-4,7-8H,1H2,(H,9,10)(H2,11,12,13). The van der Waals surface area contributed by atoms with Crippen molar-refractivity contribution in [2.75, 3.05) is 6.61 Å². The molecule has 10 heteroatoms. The van der Waals surface area contributed by atoms with Crippen molar-refractivity contribution < 1.29 is 43.4 Å². The van der Waals surface area contributed by atoms with Crippen molar-refractivity contribution >= 4 is 13.8 Å². The second kappa shape index (κ2) is 5.50. The molecule has 0 amide bonds. The van der Waals surface area contributed by atoms with Crippen LogP contribution in [-0.4, -0.2) is 56.1 Å². The Balaban J connectivity index is 4.16. The molecule has 0 aliphatic carbocycles. The number of carboxylic acids is 1. The van der Waals surface area contributed by atoms with Crippen molar-refractivity contribution in [2.45, 2.75) is 18.4 Å². The first-order valence-corrected chi connectivity index (χ1v) is 5.11. The van der Waals surface area contributed by atoms with Crippen LogP contribution in [0.2, 0.25) is 0 Å². The Labute approximate surface area is 83.2 Å². The maximum Gasteiger partial charge on any atom is 0.469 e. The van der Waals surface area contributed by atoms with Crippen molar-refractivity contribution in [1.29, 1.82) is 0 Å². The summed E-state index contributed by atoms with van der Waals surface area (Å²) in [7, 11) is -4.87. The molecule has 0 rings (SSSR count). The molecule has 3 unspecified atom stereocenters. The van der Waals surface area contributed by atoms with E-state index in [1.807, 2.05) is 0 Å². The van der Waals surface area contributed by atoms with Crippen molar-refractivity contribution in [1.82, 2.24) is 0 Å². The van der Waals surface area contributed by atoms with Gasteiger partial charge in [0.05, 0.1) is 6.61 Å². The monoisotopic (exact) mass is 248 g/mol. The average molecular weight is 248 g/mol. The zero-order valence-corrected chi connectivity index (χ0v) is 8.12. The summed E-state index contributed by atoms with van der Waals surface area (Å²) in [6.45, 7) is -1.13. The van der Waals surface area contributed by atoms with E-state index >= 15 is 0 Å². The smallest absolute Gasteiger partial charge is 0.469 e. The van der Waals surface area contributed by atoms with Crippen LogP contribution in [0.3, 0.4) is 0 Å². The van der Waals surface area contributed by atoms with Gasteiger partial charge in [-0.3, -0.25) is 4.52 Å². The van der Waals surface area contributed by atoms with Gasteiger partial charge >= 0.3 is 13.8 Å². The van der Waals surface area contributed by atoms with E-state index in [1.165, 1.54) is 0 Å². The summed E-state index contributed by atoms with van der Waals surface area (Å²) in [6.07, 6.45) is -7.24. The van der Waals surface area contributed by atoms with E-state index in [4.69, 9.17) is 25.1 Å². The van der Waals surface area contributed by atoms with Crippen LogP contribution in [-0.2, 0) is 13.9 Å². The molecule has 0 aromatic heterocycles. The molecule has 0 fully saturated rings. The molecule has 5 N–H and O–H groups in total. The van der Waals surface area contributed by atoms with Gasteiger partial charge in [-0.15, -0.1) is 0 Å². The molecular formula is C5H10FO8P. The van der Waals surface area contributed by atoms with Gasteiger partial charge < -0.3 is 25.1 Å². The van der Waals surface area contributed by atoms with Crippen LogP contribution >= 0.6 is 7.82 Å². The number of phosphoric ester groups is 1. The van der Waals surface area contributed by atoms with Gasteiger partial charge in [0.1, 0.15) is 6.10 Å². The number of rotatable bonds is 6.